The highest BCUT2D eigenvalue weighted by Crippen LogP contribution is 2.25. The molecule has 0 fully saturated rings. The summed E-state index contributed by atoms with van der Waals surface area (Å²) in [6.07, 6.45) is 0.579. The summed E-state index contributed by atoms with van der Waals surface area (Å²) in [6, 6.07) is 5.94. The van der Waals surface area contributed by atoms with Crippen molar-refractivity contribution in [1.29, 1.82) is 0 Å². The lowest BCUT2D eigenvalue weighted by molar-refractivity contribution is -0.136. The maximum Gasteiger partial charge on any atom is 0.317 e. The van der Waals surface area contributed by atoms with E-state index in [1.54, 1.807) is 0 Å². The van der Waals surface area contributed by atoms with Crippen LogP contribution in [0.1, 0.15) is 18.9 Å². The van der Waals surface area contributed by atoms with Crippen LogP contribution in [0, 0.1) is 6.92 Å². The van der Waals surface area contributed by atoms with Crippen LogP contribution in [0.4, 0.5) is 0 Å². The second-order valence-electron chi connectivity index (χ2n) is 3.92. The van der Waals surface area contributed by atoms with Crippen molar-refractivity contribution in [1.82, 2.24) is 9.97 Å². The van der Waals surface area contributed by atoms with Gasteiger partial charge >= 0.3 is 5.97 Å². The fraction of sp³-hybridized carbons (Fsp3) is 0.333. The Balaban J connectivity index is 2.27. The Morgan fingerprint density at radius 3 is 3.00 bits per heavy atom. The molecule has 0 spiro atoms. The quantitative estimate of drug-likeness (QED) is 0.819. The third-order valence-corrected chi connectivity index (χ3v) is 3.75. The zero-order chi connectivity index (χ0) is 12.4. The molecular weight excluding hydrogens is 236 g/mol. The van der Waals surface area contributed by atoms with Crippen molar-refractivity contribution in [2.24, 2.45) is 0 Å². The molecule has 0 radical (unpaired) electrons. The molecule has 0 saturated carbocycles. The van der Waals surface area contributed by atoms with Crippen molar-refractivity contribution in [2.75, 3.05) is 0 Å². The normalized spacial score (nSPS) is 12.8. The molecule has 4 nitrogen and oxygen atoms in total. The van der Waals surface area contributed by atoms with Gasteiger partial charge in [0.1, 0.15) is 5.25 Å². The first-order valence-electron chi connectivity index (χ1n) is 5.46. The number of hydrogen-bond acceptors (Lipinski definition) is 3. The molecule has 0 amide bonds. The number of fused-ring (bicyclic) bond motifs is 1. The topological polar surface area (TPSA) is 66.0 Å². The molecule has 1 atom stereocenters. The highest BCUT2D eigenvalue weighted by Gasteiger charge is 2.18. The number of carboxylic acids is 1. The molecule has 0 aliphatic rings. The minimum absolute atomic E-state index is 0.448. The third-order valence-electron chi connectivity index (χ3n) is 2.52. The van der Waals surface area contributed by atoms with E-state index in [9.17, 15) is 4.79 Å². The molecule has 0 aliphatic heterocycles. The van der Waals surface area contributed by atoms with Crippen molar-refractivity contribution in [3.8, 4) is 0 Å². The van der Waals surface area contributed by atoms with Crippen LogP contribution in [0.5, 0.6) is 0 Å². The van der Waals surface area contributed by atoms with Crippen molar-refractivity contribution >= 4 is 28.8 Å². The number of carbonyl (C=O) groups is 1. The molecule has 0 bridgehead atoms. The van der Waals surface area contributed by atoms with Crippen LogP contribution in [0.2, 0.25) is 0 Å². The molecule has 2 rings (SSSR count). The molecule has 90 valence electrons. The molecule has 17 heavy (non-hydrogen) atoms. The first kappa shape index (κ1) is 12.0. The van der Waals surface area contributed by atoms with Crippen molar-refractivity contribution < 1.29 is 9.90 Å². The van der Waals surface area contributed by atoms with Gasteiger partial charge in [-0.15, -0.1) is 0 Å². The number of aromatic nitrogens is 2. The summed E-state index contributed by atoms with van der Waals surface area (Å²) in [7, 11) is 0. The number of benzene rings is 1. The van der Waals surface area contributed by atoms with E-state index in [4.69, 9.17) is 5.11 Å². The zero-order valence-electron chi connectivity index (χ0n) is 9.73. The Bertz CT molecular complexity index is 550. The van der Waals surface area contributed by atoms with E-state index in [1.807, 2.05) is 32.0 Å². The van der Waals surface area contributed by atoms with Gasteiger partial charge in [-0.25, -0.2) is 4.98 Å². The number of imidazole rings is 1. The van der Waals surface area contributed by atoms with Crippen molar-refractivity contribution in [3.63, 3.8) is 0 Å². The maximum atomic E-state index is 10.9. The number of thioether (sulfide) groups is 1. The number of aliphatic carboxylic acids is 1. The Labute approximate surface area is 103 Å². The summed E-state index contributed by atoms with van der Waals surface area (Å²) in [5.41, 5.74) is 2.98. The molecule has 5 heteroatoms. The SMILES string of the molecule is CC[C@@H](Sc1nc2ccc(C)cc2[nH]1)C(=O)O. The first-order chi connectivity index (χ1) is 8.10. The van der Waals surface area contributed by atoms with Crippen LogP contribution in [0.15, 0.2) is 23.4 Å². The number of rotatable bonds is 4. The molecule has 0 saturated heterocycles. The molecule has 2 N–H and O–H groups in total. The second-order valence-corrected chi connectivity index (χ2v) is 5.11. The largest absolute Gasteiger partial charge is 0.480 e. The van der Waals surface area contributed by atoms with E-state index in [-0.39, 0.29) is 0 Å². The molecule has 1 heterocycles. The Morgan fingerprint density at radius 2 is 2.35 bits per heavy atom. The molecule has 1 aromatic heterocycles. The number of nitrogens with one attached hydrogen (secondary N) is 1. The summed E-state index contributed by atoms with van der Waals surface area (Å²) < 4.78 is 0. The van der Waals surface area contributed by atoms with E-state index in [1.165, 1.54) is 11.8 Å². The van der Waals surface area contributed by atoms with Crippen LogP contribution >= 0.6 is 11.8 Å². The number of hydrogen-bond donors (Lipinski definition) is 2. The lowest BCUT2D eigenvalue weighted by atomic mass is 10.2. The third kappa shape index (κ3) is 2.61. The Kier molecular flexibility index (Phi) is 3.38. The fourth-order valence-corrected chi connectivity index (χ4v) is 2.46. The lowest BCUT2D eigenvalue weighted by Crippen LogP contribution is -2.14. The van der Waals surface area contributed by atoms with Crippen molar-refractivity contribution in [2.45, 2.75) is 30.7 Å². The van der Waals surface area contributed by atoms with Crippen LogP contribution in [-0.2, 0) is 4.79 Å². The molecule has 1 aromatic carbocycles. The predicted octanol–water partition coefficient (Wildman–Crippen LogP) is 2.83. The number of nitrogens with zero attached hydrogens (tertiary/aromatic N) is 1. The smallest absolute Gasteiger partial charge is 0.317 e. The molecule has 0 unspecified atom stereocenters. The van der Waals surface area contributed by atoms with Gasteiger partial charge in [-0.2, -0.15) is 0 Å². The lowest BCUT2D eigenvalue weighted by Gasteiger charge is -2.05. The van der Waals surface area contributed by atoms with Gasteiger partial charge in [0, 0.05) is 0 Å². The summed E-state index contributed by atoms with van der Waals surface area (Å²) in [5, 5.41) is 9.21. The summed E-state index contributed by atoms with van der Waals surface area (Å²) in [6.45, 7) is 3.87. The van der Waals surface area contributed by atoms with Gasteiger partial charge in [0.05, 0.1) is 11.0 Å². The Hall–Kier alpha value is -1.49. The highest BCUT2D eigenvalue weighted by atomic mass is 32.2. The monoisotopic (exact) mass is 250 g/mol. The standard InChI is InChI=1S/C12H14N2O2S/c1-3-10(11(15)16)17-12-13-8-5-4-7(2)6-9(8)14-12/h4-6,10H,3H2,1-2H3,(H,13,14)(H,15,16)/t10-/m1/s1. The summed E-state index contributed by atoms with van der Waals surface area (Å²) in [4.78, 5) is 18.5. The second kappa shape index (κ2) is 4.79. The average molecular weight is 250 g/mol. The first-order valence-corrected chi connectivity index (χ1v) is 6.34. The Morgan fingerprint density at radius 1 is 1.59 bits per heavy atom. The van der Waals surface area contributed by atoms with E-state index in [0.717, 1.165) is 16.6 Å². The van der Waals surface area contributed by atoms with Gasteiger partial charge in [0.2, 0.25) is 0 Å². The van der Waals surface area contributed by atoms with E-state index in [2.05, 4.69) is 9.97 Å². The number of aryl methyl sites for hydroxylation is 1. The fourth-order valence-electron chi connectivity index (χ4n) is 1.60. The van der Waals surface area contributed by atoms with Gasteiger partial charge in [-0.05, 0) is 31.0 Å². The van der Waals surface area contributed by atoms with Gasteiger partial charge < -0.3 is 10.1 Å². The van der Waals surface area contributed by atoms with Gasteiger partial charge in [-0.3, -0.25) is 4.79 Å². The molecule has 0 aliphatic carbocycles. The van der Waals surface area contributed by atoms with E-state index < -0.39 is 11.2 Å². The minimum Gasteiger partial charge on any atom is -0.480 e. The van der Waals surface area contributed by atoms with Crippen molar-refractivity contribution in [3.05, 3.63) is 23.8 Å². The molecule has 2 aromatic rings. The predicted molar refractivity (Wildman–Crippen MR) is 68.4 cm³/mol. The van der Waals surface area contributed by atoms with Gasteiger partial charge in [0.25, 0.3) is 0 Å². The van der Waals surface area contributed by atoms with Gasteiger partial charge in [-0.1, -0.05) is 24.8 Å². The zero-order valence-corrected chi connectivity index (χ0v) is 10.5. The van der Waals surface area contributed by atoms with Crippen LogP contribution in [0.3, 0.4) is 0 Å². The summed E-state index contributed by atoms with van der Waals surface area (Å²) >= 11 is 1.26. The van der Waals surface area contributed by atoms with Crippen LogP contribution < -0.4 is 0 Å². The van der Waals surface area contributed by atoms with E-state index in [0.29, 0.717) is 11.6 Å². The summed E-state index contributed by atoms with van der Waals surface area (Å²) in [5.74, 6) is -0.797. The maximum absolute atomic E-state index is 10.9. The minimum atomic E-state index is -0.797. The van der Waals surface area contributed by atoms with Crippen LogP contribution in [0.25, 0.3) is 11.0 Å². The molecular formula is C12H14N2O2S. The number of carboxylic acid groups (broad SMARTS) is 1. The van der Waals surface area contributed by atoms with E-state index >= 15 is 0 Å². The number of aromatic amines is 1. The number of H-pyrrole nitrogens is 1. The average Bonchev–Trinajstić information content (AvgIpc) is 2.66. The highest BCUT2D eigenvalue weighted by molar-refractivity contribution is 8.00. The van der Waals surface area contributed by atoms with Crippen LogP contribution in [-0.4, -0.2) is 26.3 Å². The van der Waals surface area contributed by atoms with Gasteiger partial charge in [0.15, 0.2) is 5.16 Å².